The lowest BCUT2D eigenvalue weighted by Gasteiger charge is -2.10. The number of hydrogen-bond donors (Lipinski definition) is 1. The summed E-state index contributed by atoms with van der Waals surface area (Å²) >= 11 is 0. The molecule has 1 amide bonds. The highest BCUT2D eigenvalue weighted by atomic mass is 32.2. The van der Waals surface area contributed by atoms with Gasteiger partial charge in [0.1, 0.15) is 23.4 Å². The van der Waals surface area contributed by atoms with Crippen molar-refractivity contribution in [1.29, 1.82) is 5.26 Å². The molecule has 0 unspecified atom stereocenters. The summed E-state index contributed by atoms with van der Waals surface area (Å²) in [6.45, 7) is 1.86. The largest absolute Gasteiger partial charge is 0.321 e. The van der Waals surface area contributed by atoms with E-state index < -0.39 is 21.6 Å². The van der Waals surface area contributed by atoms with Crippen molar-refractivity contribution in [2.45, 2.75) is 11.9 Å². The Bertz CT molecular complexity index is 1510. The number of halogens is 1. The van der Waals surface area contributed by atoms with Crippen molar-refractivity contribution in [3.63, 3.8) is 0 Å². The van der Waals surface area contributed by atoms with Gasteiger partial charge in [-0.3, -0.25) is 4.79 Å². The van der Waals surface area contributed by atoms with Crippen LogP contribution in [-0.4, -0.2) is 39.9 Å². The summed E-state index contributed by atoms with van der Waals surface area (Å²) in [5.74, 6) is -0.567. The average molecular weight is 464 g/mol. The van der Waals surface area contributed by atoms with Crippen LogP contribution in [-0.2, 0) is 9.84 Å². The Morgan fingerprint density at radius 2 is 1.82 bits per heavy atom. The molecule has 2 heterocycles. The number of aromatic nitrogens is 4. The molecule has 0 atom stereocenters. The van der Waals surface area contributed by atoms with E-state index in [4.69, 9.17) is 5.26 Å². The molecule has 2 aromatic heterocycles. The third-order valence-electron chi connectivity index (χ3n) is 4.84. The molecule has 166 valence electrons. The standard InChI is InChI=1S/C22H17FN6O3S/c1-14-25-9-10-28(14)17-5-3-16(4-6-17)26-22(30)20-12-21(33(2,31)32)27-29(20)18-7-8-19(23)15(11-18)13-24/h3-12H,1-2H3,(H,26,30). The Morgan fingerprint density at radius 3 is 2.42 bits per heavy atom. The number of amides is 1. The molecule has 9 nitrogen and oxygen atoms in total. The fourth-order valence-electron chi connectivity index (χ4n) is 3.18. The molecule has 1 N–H and O–H groups in total. The number of benzene rings is 2. The Balaban J connectivity index is 1.69. The van der Waals surface area contributed by atoms with Gasteiger partial charge in [-0.2, -0.15) is 10.4 Å². The number of hydrogen-bond acceptors (Lipinski definition) is 6. The van der Waals surface area contributed by atoms with Crippen molar-refractivity contribution < 1.29 is 17.6 Å². The van der Waals surface area contributed by atoms with Crippen molar-refractivity contribution in [2.24, 2.45) is 0 Å². The SMILES string of the molecule is Cc1nccn1-c1ccc(NC(=O)c2cc(S(C)(=O)=O)nn2-c2ccc(F)c(C#N)c2)cc1. The van der Waals surface area contributed by atoms with Gasteiger partial charge in [-0.15, -0.1) is 0 Å². The summed E-state index contributed by atoms with van der Waals surface area (Å²) in [6, 6.07) is 13.3. The van der Waals surface area contributed by atoms with Crippen molar-refractivity contribution in [3.8, 4) is 17.4 Å². The van der Waals surface area contributed by atoms with Crippen LogP contribution in [0.15, 0.2) is 66.0 Å². The van der Waals surface area contributed by atoms with Gasteiger partial charge in [-0.25, -0.2) is 22.5 Å². The number of nitrogens with one attached hydrogen (secondary N) is 1. The fourth-order valence-corrected chi connectivity index (χ4v) is 3.74. The van der Waals surface area contributed by atoms with Crippen LogP contribution in [0.5, 0.6) is 0 Å². The number of anilines is 1. The Hall–Kier alpha value is -4.30. The van der Waals surface area contributed by atoms with E-state index >= 15 is 0 Å². The summed E-state index contributed by atoms with van der Waals surface area (Å²) in [6.07, 6.45) is 4.45. The topological polar surface area (TPSA) is 123 Å². The van der Waals surface area contributed by atoms with Crippen LogP contribution in [0.1, 0.15) is 21.9 Å². The Kier molecular flexibility index (Phi) is 5.53. The van der Waals surface area contributed by atoms with Crippen LogP contribution >= 0.6 is 0 Å². The highest BCUT2D eigenvalue weighted by Crippen LogP contribution is 2.21. The molecule has 11 heteroatoms. The van der Waals surface area contributed by atoms with Gasteiger partial charge in [-0.05, 0) is 49.4 Å². The van der Waals surface area contributed by atoms with Crippen molar-refractivity contribution in [1.82, 2.24) is 19.3 Å². The van der Waals surface area contributed by atoms with Crippen molar-refractivity contribution in [2.75, 3.05) is 11.6 Å². The molecule has 4 rings (SSSR count). The van der Waals surface area contributed by atoms with Gasteiger partial charge in [0.05, 0.1) is 11.3 Å². The van der Waals surface area contributed by atoms with Crippen LogP contribution in [0, 0.1) is 24.1 Å². The quantitative estimate of drug-likeness (QED) is 0.484. The minimum absolute atomic E-state index is 0.0968. The second-order valence-corrected chi connectivity index (χ2v) is 9.14. The highest BCUT2D eigenvalue weighted by molar-refractivity contribution is 7.90. The summed E-state index contributed by atoms with van der Waals surface area (Å²) in [5.41, 5.74) is 1.12. The maximum Gasteiger partial charge on any atom is 0.274 e. The minimum atomic E-state index is -3.74. The van der Waals surface area contributed by atoms with Gasteiger partial charge in [0.25, 0.3) is 5.91 Å². The minimum Gasteiger partial charge on any atom is -0.321 e. The van der Waals surface area contributed by atoms with Crippen LogP contribution in [0.25, 0.3) is 11.4 Å². The molecule has 0 aliphatic rings. The number of nitriles is 1. The van der Waals surface area contributed by atoms with Crippen LogP contribution in [0.4, 0.5) is 10.1 Å². The van der Waals surface area contributed by atoms with E-state index in [1.807, 2.05) is 17.7 Å². The zero-order valence-electron chi connectivity index (χ0n) is 17.5. The monoisotopic (exact) mass is 464 g/mol. The molecule has 0 saturated heterocycles. The summed E-state index contributed by atoms with van der Waals surface area (Å²) in [5, 5.41) is 15.5. The first-order valence-corrected chi connectivity index (χ1v) is 11.5. The van der Waals surface area contributed by atoms with Gasteiger partial charge in [-0.1, -0.05) is 0 Å². The lowest BCUT2D eigenvalue weighted by molar-refractivity contribution is 0.101. The van der Waals surface area contributed by atoms with Gasteiger partial charge >= 0.3 is 0 Å². The molecule has 0 fully saturated rings. The summed E-state index contributed by atoms with van der Waals surface area (Å²) < 4.78 is 40.8. The van der Waals surface area contributed by atoms with Gasteiger partial charge in [0.15, 0.2) is 14.9 Å². The average Bonchev–Trinajstić information content (AvgIpc) is 3.41. The maximum absolute atomic E-state index is 13.8. The number of sulfone groups is 1. The predicted molar refractivity (Wildman–Crippen MR) is 118 cm³/mol. The molecule has 0 aliphatic carbocycles. The van der Waals surface area contributed by atoms with Crippen LogP contribution < -0.4 is 5.32 Å². The third-order valence-corrected chi connectivity index (χ3v) is 5.80. The normalized spacial score (nSPS) is 11.2. The maximum atomic E-state index is 13.8. The number of carbonyl (C=O) groups excluding carboxylic acids is 1. The van der Waals surface area contributed by atoms with Crippen molar-refractivity contribution >= 4 is 21.4 Å². The second kappa shape index (κ2) is 8.33. The van der Waals surface area contributed by atoms with Gasteiger partial charge < -0.3 is 9.88 Å². The molecule has 2 aromatic carbocycles. The molecule has 0 aliphatic heterocycles. The number of carbonyl (C=O) groups is 1. The predicted octanol–water partition coefficient (Wildman–Crippen LogP) is 3.03. The van der Waals surface area contributed by atoms with Crippen LogP contribution in [0.2, 0.25) is 0 Å². The van der Waals surface area contributed by atoms with Gasteiger partial charge in [0, 0.05) is 36.1 Å². The van der Waals surface area contributed by atoms with Gasteiger partial charge in [0.2, 0.25) is 0 Å². The van der Waals surface area contributed by atoms with E-state index in [9.17, 15) is 17.6 Å². The Morgan fingerprint density at radius 1 is 1.12 bits per heavy atom. The zero-order chi connectivity index (χ0) is 23.8. The number of aryl methyl sites for hydroxylation is 1. The summed E-state index contributed by atoms with van der Waals surface area (Å²) in [4.78, 5) is 17.2. The van der Waals surface area contributed by atoms with Crippen LogP contribution in [0.3, 0.4) is 0 Å². The number of nitrogens with zero attached hydrogens (tertiary/aromatic N) is 5. The van der Waals surface area contributed by atoms with Crippen molar-refractivity contribution in [3.05, 3.63) is 83.8 Å². The second-order valence-electron chi connectivity index (χ2n) is 7.17. The zero-order valence-corrected chi connectivity index (χ0v) is 18.3. The molecule has 0 bridgehead atoms. The lowest BCUT2D eigenvalue weighted by Crippen LogP contribution is -2.17. The first-order chi connectivity index (χ1) is 15.7. The fraction of sp³-hybridized carbons (Fsp3) is 0.0909. The first kappa shape index (κ1) is 21.9. The smallest absolute Gasteiger partial charge is 0.274 e. The van der Waals surface area contributed by atoms with E-state index in [2.05, 4.69) is 15.4 Å². The van der Waals surface area contributed by atoms with E-state index in [1.54, 1.807) is 36.5 Å². The lowest BCUT2D eigenvalue weighted by atomic mass is 10.2. The summed E-state index contributed by atoms with van der Waals surface area (Å²) in [7, 11) is -3.74. The molecular formula is C22H17FN6O3S. The number of rotatable bonds is 5. The molecule has 0 spiro atoms. The Labute approximate surface area is 188 Å². The molecule has 33 heavy (non-hydrogen) atoms. The first-order valence-electron chi connectivity index (χ1n) is 9.59. The molecular weight excluding hydrogens is 447 g/mol. The van der Waals surface area contributed by atoms with E-state index in [0.29, 0.717) is 5.69 Å². The van der Waals surface area contributed by atoms with E-state index in [0.717, 1.165) is 34.6 Å². The number of imidazole rings is 1. The highest BCUT2D eigenvalue weighted by Gasteiger charge is 2.22. The van der Waals surface area contributed by atoms with E-state index in [-0.39, 0.29) is 22.0 Å². The molecule has 4 aromatic rings. The third kappa shape index (κ3) is 4.37. The van der Waals surface area contributed by atoms with E-state index in [1.165, 1.54) is 12.1 Å². The molecule has 0 radical (unpaired) electrons. The molecule has 0 saturated carbocycles.